The largest absolute Gasteiger partial charge is 0.497 e. The Kier molecular flexibility index (Phi) is 14.1. The summed E-state index contributed by atoms with van der Waals surface area (Å²) >= 11 is 0. The van der Waals surface area contributed by atoms with E-state index in [1.54, 1.807) is 7.11 Å². The van der Waals surface area contributed by atoms with Crippen LogP contribution in [0.2, 0.25) is 0 Å². The fraction of sp³-hybridized carbons (Fsp3) is 0.667. The van der Waals surface area contributed by atoms with Crippen molar-refractivity contribution in [3.8, 4) is 5.75 Å². The molecule has 2 rings (SSSR count). The molecule has 0 spiro atoms. The number of halogens is 1. The summed E-state index contributed by atoms with van der Waals surface area (Å²) in [6.45, 7) is 6.98. The maximum Gasteiger partial charge on any atom is 0.191 e. The Morgan fingerprint density at radius 2 is 2.00 bits per heavy atom. The van der Waals surface area contributed by atoms with Gasteiger partial charge in [-0.1, -0.05) is 12.1 Å². The predicted octanol–water partition coefficient (Wildman–Crippen LogP) is 3.39. The van der Waals surface area contributed by atoms with Crippen LogP contribution < -0.4 is 15.4 Å². The predicted molar refractivity (Wildman–Crippen MR) is 125 cm³/mol. The molecule has 7 heteroatoms. The Morgan fingerprint density at radius 3 is 2.68 bits per heavy atom. The summed E-state index contributed by atoms with van der Waals surface area (Å²) in [7, 11) is 1.70. The molecule has 0 amide bonds. The van der Waals surface area contributed by atoms with E-state index in [2.05, 4.69) is 34.7 Å². The molecule has 1 saturated heterocycles. The first-order valence-corrected chi connectivity index (χ1v) is 10.2. The molecule has 1 atom stereocenters. The molecule has 0 radical (unpaired) electrons. The Morgan fingerprint density at radius 1 is 1.18 bits per heavy atom. The van der Waals surface area contributed by atoms with E-state index in [9.17, 15) is 0 Å². The second-order valence-electron chi connectivity index (χ2n) is 6.70. The molecule has 28 heavy (non-hydrogen) atoms. The zero-order valence-electron chi connectivity index (χ0n) is 17.2. The molecule has 0 saturated carbocycles. The topological polar surface area (TPSA) is 64.1 Å². The Hall–Kier alpha value is -1.06. The van der Waals surface area contributed by atoms with Gasteiger partial charge >= 0.3 is 0 Å². The summed E-state index contributed by atoms with van der Waals surface area (Å²) in [6, 6.07) is 8.31. The zero-order chi connectivity index (χ0) is 19.2. The number of ether oxygens (including phenoxy) is 3. The smallest absolute Gasteiger partial charge is 0.191 e. The quantitative estimate of drug-likeness (QED) is 0.197. The van der Waals surface area contributed by atoms with Gasteiger partial charge in [0, 0.05) is 32.8 Å². The van der Waals surface area contributed by atoms with E-state index in [1.165, 1.54) is 5.56 Å². The number of aliphatic imine (C=N–C) groups is 1. The Bertz CT molecular complexity index is 534. The van der Waals surface area contributed by atoms with E-state index < -0.39 is 0 Å². The number of nitrogens with zero attached hydrogens (tertiary/aromatic N) is 1. The fourth-order valence-corrected chi connectivity index (χ4v) is 2.94. The summed E-state index contributed by atoms with van der Waals surface area (Å²) in [4.78, 5) is 4.62. The highest BCUT2D eigenvalue weighted by Gasteiger charge is 2.15. The highest BCUT2D eigenvalue weighted by molar-refractivity contribution is 14.0. The molecule has 160 valence electrons. The molecule has 1 unspecified atom stereocenters. The van der Waals surface area contributed by atoms with E-state index in [4.69, 9.17) is 14.2 Å². The SMILES string of the molecule is CCNC(=NCCCOC1CCOC1)NCCCCc1ccc(OC)cc1.I. The van der Waals surface area contributed by atoms with Crippen LogP contribution in [0.1, 0.15) is 38.2 Å². The van der Waals surface area contributed by atoms with Gasteiger partial charge < -0.3 is 24.8 Å². The lowest BCUT2D eigenvalue weighted by atomic mass is 10.1. The van der Waals surface area contributed by atoms with Gasteiger partial charge in [0.05, 0.1) is 19.8 Å². The Labute approximate surface area is 186 Å². The van der Waals surface area contributed by atoms with Crippen molar-refractivity contribution in [3.63, 3.8) is 0 Å². The molecule has 0 bridgehead atoms. The highest BCUT2D eigenvalue weighted by atomic mass is 127. The van der Waals surface area contributed by atoms with Crippen molar-refractivity contribution in [2.45, 2.75) is 45.1 Å². The van der Waals surface area contributed by atoms with Gasteiger partial charge in [-0.05, 0) is 56.7 Å². The lowest BCUT2D eigenvalue weighted by molar-refractivity contribution is 0.0424. The standard InChI is InChI=1S/C21H35N3O3.HI/c1-3-22-21(24-14-6-15-27-20-12-16-26-17-20)23-13-5-4-7-18-8-10-19(25-2)11-9-18;/h8-11,20H,3-7,12-17H2,1-2H3,(H2,22,23,24);1H. The first-order chi connectivity index (χ1) is 13.3. The first kappa shape index (κ1) is 25.0. The van der Waals surface area contributed by atoms with Gasteiger partial charge in [-0.2, -0.15) is 0 Å². The van der Waals surface area contributed by atoms with Gasteiger partial charge in [-0.25, -0.2) is 0 Å². The van der Waals surface area contributed by atoms with Crippen LogP contribution in [0.3, 0.4) is 0 Å². The molecule has 1 heterocycles. The maximum absolute atomic E-state index is 5.77. The average molecular weight is 505 g/mol. The van der Waals surface area contributed by atoms with Gasteiger partial charge in [0.25, 0.3) is 0 Å². The summed E-state index contributed by atoms with van der Waals surface area (Å²) in [5, 5.41) is 6.72. The molecular formula is C21H36IN3O3. The molecule has 1 aliphatic heterocycles. The van der Waals surface area contributed by atoms with Gasteiger partial charge in [0.2, 0.25) is 0 Å². The molecule has 1 fully saturated rings. The molecule has 1 aromatic rings. The van der Waals surface area contributed by atoms with E-state index in [1.807, 2.05) is 12.1 Å². The van der Waals surface area contributed by atoms with Crippen LogP contribution in [0, 0.1) is 0 Å². The van der Waals surface area contributed by atoms with Crippen LogP contribution >= 0.6 is 24.0 Å². The first-order valence-electron chi connectivity index (χ1n) is 10.2. The molecule has 0 aliphatic carbocycles. The molecule has 1 aliphatic rings. The second-order valence-corrected chi connectivity index (χ2v) is 6.70. The van der Waals surface area contributed by atoms with E-state index in [-0.39, 0.29) is 30.1 Å². The Balaban J connectivity index is 0.00000392. The van der Waals surface area contributed by atoms with Crippen molar-refractivity contribution < 1.29 is 14.2 Å². The number of methoxy groups -OCH3 is 1. The lowest BCUT2D eigenvalue weighted by Crippen LogP contribution is -2.38. The summed E-state index contributed by atoms with van der Waals surface area (Å²) in [5.41, 5.74) is 1.35. The van der Waals surface area contributed by atoms with Crippen LogP contribution in [-0.2, 0) is 15.9 Å². The van der Waals surface area contributed by atoms with Crippen molar-refractivity contribution in [2.75, 3.05) is 46.6 Å². The number of hydrogen-bond donors (Lipinski definition) is 2. The van der Waals surface area contributed by atoms with Crippen molar-refractivity contribution >= 4 is 29.9 Å². The minimum Gasteiger partial charge on any atom is -0.497 e. The summed E-state index contributed by atoms with van der Waals surface area (Å²) in [6.07, 6.45) is 5.58. The summed E-state index contributed by atoms with van der Waals surface area (Å²) in [5.74, 6) is 1.81. The monoisotopic (exact) mass is 505 g/mol. The third kappa shape index (κ3) is 10.5. The van der Waals surface area contributed by atoms with Crippen LogP contribution in [-0.4, -0.2) is 58.6 Å². The van der Waals surface area contributed by atoms with Crippen molar-refractivity contribution in [2.24, 2.45) is 4.99 Å². The molecular weight excluding hydrogens is 469 g/mol. The lowest BCUT2D eigenvalue weighted by Gasteiger charge is -2.12. The van der Waals surface area contributed by atoms with Crippen LogP contribution in [0.25, 0.3) is 0 Å². The molecule has 6 nitrogen and oxygen atoms in total. The van der Waals surface area contributed by atoms with Gasteiger partial charge in [0.15, 0.2) is 5.96 Å². The van der Waals surface area contributed by atoms with Crippen LogP contribution in [0.5, 0.6) is 5.75 Å². The number of unbranched alkanes of at least 4 members (excludes halogenated alkanes) is 1. The van der Waals surface area contributed by atoms with Gasteiger partial charge in [0.1, 0.15) is 5.75 Å². The minimum absolute atomic E-state index is 0. The average Bonchev–Trinajstić information content (AvgIpc) is 3.21. The van der Waals surface area contributed by atoms with Crippen LogP contribution in [0.15, 0.2) is 29.3 Å². The van der Waals surface area contributed by atoms with Crippen molar-refractivity contribution in [1.29, 1.82) is 0 Å². The summed E-state index contributed by atoms with van der Waals surface area (Å²) < 4.78 is 16.3. The zero-order valence-corrected chi connectivity index (χ0v) is 19.6. The minimum atomic E-state index is 0. The van der Waals surface area contributed by atoms with Gasteiger partial charge in [-0.3, -0.25) is 4.99 Å². The molecule has 0 aromatic heterocycles. The van der Waals surface area contributed by atoms with E-state index in [0.29, 0.717) is 0 Å². The van der Waals surface area contributed by atoms with Crippen molar-refractivity contribution in [1.82, 2.24) is 10.6 Å². The molecule has 1 aromatic carbocycles. The fourth-order valence-electron chi connectivity index (χ4n) is 2.94. The van der Waals surface area contributed by atoms with Crippen LogP contribution in [0.4, 0.5) is 0 Å². The number of aryl methyl sites for hydroxylation is 1. The number of nitrogens with one attached hydrogen (secondary N) is 2. The number of hydrogen-bond acceptors (Lipinski definition) is 4. The van der Waals surface area contributed by atoms with Crippen molar-refractivity contribution in [3.05, 3.63) is 29.8 Å². The number of benzene rings is 1. The number of guanidine groups is 1. The molecule has 2 N–H and O–H groups in total. The van der Waals surface area contributed by atoms with Gasteiger partial charge in [-0.15, -0.1) is 24.0 Å². The van der Waals surface area contributed by atoms with E-state index >= 15 is 0 Å². The maximum atomic E-state index is 5.77. The normalized spacial score (nSPS) is 16.5. The highest BCUT2D eigenvalue weighted by Crippen LogP contribution is 2.13. The third-order valence-electron chi connectivity index (χ3n) is 4.50. The second kappa shape index (κ2) is 15.8. The third-order valence-corrected chi connectivity index (χ3v) is 4.50. The number of rotatable bonds is 12. The van der Waals surface area contributed by atoms with E-state index in [0.717, 1.165) is 83.3 Å².